The lowest BCUT2D eigenvalue weighted by molar-refractivity contribution is -0.124. The van der Waals surface area contributed by atoms with Crippen molar-refractivity contribution >= 4 is 5.91 Å². The summed E-state index contributed by atoms with van der Waals surface area (Å²) < 4.78 is 0. The maximum absolute atomic E-state index is 12.1. The van der Waals surface area contributed by atoms with Crippen molar-refractivity contribution in [2.24, 2.45) is 23.5 Å². The first-order chi connectivity index (χ1) is 8.24. The third kappa shape index (κ3) is 6.39. The molecule has 2 unspecified atom stereocenters. The minimum atomic E-state index is -0.263. The molecule has 0 rings (SSSR count). The van der Waals surface area contributed by atoms with Gasteiger partial charge in [0.25, 0.3) is 0 Å². The number of hydrogen-bond acceptors (Lipinski definition) is 2. The van der Waals surface area contributed by atoms with Crippen LogP contribution >= 0.6 is 0 Å². The summed E-state index contributed by atoms with van der Waals surface area (Å²) in [6.45, 7) is 13.4. The standard InChI is InChI=1S/C15H32N2O/c1-7-13(12(4)5)8-14(18)17-15(6,10-16)9-11(2)3/h11-13H,7-10,16H2,1-6H3,(H,17,18). The molecule has 1 amide bonds. The van der Waals surface area contributed by atoms with Crippen molar-refractivity contribution in [3.8, 4) is 0 Å². The molecule has 0 aromatic rings. The molecule has 0 spiro atoms. The molecule has 0 fully saturated rings. The Kier molecular flexibility index (Phi) is 7.53. The van der Waals surface area contributed by atoms with E-state index in [4.69, 9.17) is 5.73 Å². The lowest BCUT2D eigenvalue weighted by Crippen LogP contribution is -2.52. The van der Waals surface area contributed by atoms with Crippen LogP contribution in [-0.2, 0) is 4.79 Å². The van der Waals surface area contributed by atoms with E-state index in [0.29, 0.717) is 30.7 Å². The zero-order valence-electron chi connectivity index (χ0n) is 13.0. The average Bonchev–Trinajstić information content (AvgIpc) is 2.24. The van der Waals surface area contributed by atoms with E-state index in [9.17, 15) is 4.79 Å². The molecule has 18 heavy (non-hydrogen) atoms. The summed E-state index contributed by atoms with van der Waals surface area (Å²) in [5.74, 6) is 1.69. The van der Waals surface area contributed by atoms with Gasteiger partial charge in [-0.05, 0) is 31.1 Å². The van der Waals surface area contributed by atoms with Crippen LogP contribution in [0.2, 0.25) is 0 Å². The van der Waals surface area contributed by atoms with Crippen LogP contribution in [0.5, 0.6) is 0 Å². The molecule has 0 bridgehead atoms. The number of carbonyl (C=O) groups is 1. The molecule has 0 saturated heterocycles. The van der Waals surface area contributed by atoms with Crippen molar-refractivity contribution in [1.29, 1.82) is 0 Å². The van der Waals surface area contributed by atoms with Crippen molar-refractivity contribution in [3.63, 3.8) is 0 Å². The van der Waals surface area contributed by atoms with E-state index in [1.54, 1.807) is 0 Å². The topological polar surface area (TPSA) is 55.1 Å². The molecule has 0 aliphatic rings. The molecule has 0 aliphatic carbocycles. The highest BCUT2D eigenvalue weighted by Gasteiger charge is 2.27. The van der Waals surface area contributed by atoms with Crippen molar-refractivity contribution in [3.05, 3.63) is 0 Å². The predicted molar refractivity (Wildman–Crippen MR) is 78.3 cm³/mol. The molecule has 3 nitrogen and oxygen atoms in total. The van der Waals surface area contributed by atoms with Gasteiger partial charge < -0.3 is 11.1 Å². The second kappa shape index (κ2) is 7.78. The first-order valence-electron chi connectivity index (χ1n) is 7.25. The third-order valence-electron chi connectivity index (χ3n) is 3.67. The number of rotatable bonds is 8. The molecule has 0 saturated carbocycles. The Morgan fingerprint density at radius 2 is 1.83 bits per heavy atom. The highest BCUT2D eigenvalue weighted by molar-refractivity contribution is 5.77. The van der Waals surface area contributed by atoms with Gasteiger partial charge in [-0.3, -0.25) is 4.79 Å². The summed E-state index contributed by atoms with van der Waals surface area (Å²) >= 11 is 0. The fourth-order valence-electron chi connectivity index (χ4n) is 2.56. The zero-order valence-corrected chi connectivity index (χ0v) is 13.0. The van der Waals surface area contributed by atoms with E-state index in [-0.39, 0.29) is 11.4 Å². The molecular weight excluding hydrogens is 224 g/mol. The Labute approximate surface area is 113 Å². The second-order valence-electron chi connectivity index (χ2n) is 6.53. The fraction of sp³-hybridized carbons (Fsp3) is 0.933. The SMILES string of the molecule is CCC(CC(=O)NC(C)(CN)CC(C)C)C(C)C. The van der Waals surface area contributed by atoms with Gasteiger partial charge in [0.1, 0.15) is 0 Å². The normalized spacial score (nSPS) is 16.7. The number of carbonyl (C=O) groups excluding carboxylic acids is 1. The van der Waals surface area contributed by atoms with Gasteiger partial charge >= 0.3 is 0 Å². The molecule has 0 radical (unpaired) electrons. The van der Waals surface area contributed by atoms with Gasteiger partial charge in [0, 0.05) is 18.5 Å². The van der Waals surface area contributed by atoms with Gasteiger partial charge in [0.15, 0.2) is 0 Å². The summed E-state index contributed by atoms with van der Waals surface area (Å²) in [7, 11) is 0. The summed E-state index contributed by atoms with van der Waals surface area (Å²) in [4.78, 5) is 12.1. The zero-order chi connectivity index (χ0) is 14.3. The van der Waals surface area contributed by atoms with Crippen molar-refractivity contribution in [2.75, 3.05) is 6.54 Å². The van der Waals surface area contributed by atoms with Crippen LogP contribution in [0.25, 0.3) is 0 Å². The highest BCUT2D eigenvalue weighted by Crippen LogP contribution is 2.20. The lowest BCUT2D eigenvalue weighted by Gasteiger charge is -2.32. The number of hydrogen-bond donors (Lipinski definition) is 2. The number of nitrogens with two attached hydrogens (primary N) is 1. The van der Waals surface area contributed by atoms with E-state index < -0.39 is 0 Å². The minimum absolute atomic E-state index is 0.143. The van der Waals surface area contributed by atoms with Crippen LogP contribution in [0.4, 0.5) is 0 Å². The van der Waals surface area contributed by atoms with Gasteiger partial charge in [0.2, 0.25) is 5.91 Å². The van der Waals surface area contributed by atoms with E-state index in [2.05, 4.69) is 39.9 Å². The van der Waals surface area contributed by atoms with Gasteiger partial charge in [-0.2, -0.15) is 0 Å². The Balaban J connectivity index is 4.43. The van der Waals surface area contributed by atoms with Crippen molar-refractivity contribution in [2.45, 2.75) is 66.3 Å². The Morgan fingerprint density at radius 1 is 1.28 bits per heavy atom. The molecule has 2 atom stereocenters. The molecule has 0 aliphatic heterocycles. The number of nitrogens with one attached hydrogen (secondary N) is 1. The van der Waals surface area contributed by atoms with Crippen molar-refractivity contribution < 1.29 is 4.79 Å². The van der Waals surface area contributed by atoms with Crippen LogP contribution in [0, 0.1) is 17.8 Å². The molecular formula is C15H32N2O. The summed E-state index contributed by atoms with van der Waals surface area (Å²) in [6, 6.07) is 0. The maximum Gasteiger partial charge on any atom is 0.220 e. The van der Waals surface area contributed by atoms with Crippen molar-refractivity contribution in [1.82, 2.24) is 5.32 Å². The van der Waals surface area contributed by atoms with Gasteiger partial charge in [-0.25, -0.2) is 0 Å². The second-order valence-corrected chi connectivity index (χ2v) is 6.53. The summed E-state index contributed by atoms with van der Waals surface area (Å²) in [5.41, 5.74) is 5.55. The van der Waals surface area contributed by atoms with Crippen LogP contribution < -0.4 is 11.1 Å². The van der Waals surface area contributed by atoms with Crippen LogP contribution in [0.15, 0.2) is 0 Å². The third-order valence-corrected chi connectivity index (χ3v) is 3.67. The number of amides is 1. The van der Waals surface area contributed by atoms with Gasteiger partial charge in [-0.1, -0.05) is 41.0 Å². The molecule has 0 aromatic carbocycles. The Morgan fingerprint density at radius 3 is 2.17 bits per heavy atom. The summed E-state index contributed by atoms with van der Waals surface area (Å²) in [6.07, 6.45) is 2.59. The highest BCUT2D eigenvalue weighted by atomic mass is 16.1. The lowest BCUT2D eigenvalue weighted by atomic mass is 9.87. The first-order valence-corrected chi connectivity index (χ1v) is 7.25. The molecule has 3 heteroatoms. The largest absolute Gasteiger partial charge is 0.350 e. The van der Waals surface area contributed by atoms with Gasteiger partial charge in [-0.15, -0.1) is 0 Å². The Hall–Kier alpha value is -0.570. The molecule has 0 aromatic heterocycles. The molecule has 3 N–H and O–H groups in total. The van der Waals surface area contributed by atoms with E-state index in [1.165, 1.54) is 0 Å². The molecule has 108 valence electrons. The van der Waals surface area contributed by atoms with E-state index >= 15 is 0 Å². The maximum atomic E-state index is 12.1. The Bertz CT molecular complexity index is 251. The van der Waals surface area contributed by atoms with Gasteiger partial charge in [0.05, 0.1) is 0 Å². The average molecular weight is 256 g/mol. The smallest absolute Gasteiger partial charge is 0.220 e. The monoisotopic (exact) mass is 256 g/mol. The predicted octanol–water partition coefficient (Wildman–Crippen LogP) is 2.94. The summed E-state index contributed by atoms with van der Waals surface area (Å²) in [5, 5.41) is 3.13. The van der Waals surface area contributed by atoms with Crippen LogP contribution in [-0.4, -0.2) is 18.0 Å². The van der Waals surface area contributed by atoms with E-state index in [0.717, 1.165) is 12.8 Å². The first kappa shape index (κ1) is 17.4. The molecule has 0 heterocycles. The fourth-order valence-corrected chi connectivity index (χ4v) is 2.56. The minimum Gasteiger partial charge on any atom is -0.350 e. The van der Waals surface area contributed by atoms with E-state index in [1.807, 2.05) is 6.92 Å². The van der Waals surface area contributed by atoms with Crippen LogP contribution in [0.1, 0.15) is 60.8 Å². The van der Waals surface area contributed by atoms with Crippen LogP contribution in [0.3, 0.4) is 0 Å². The quantitative estimate of drug-likeness (QED) is 0.701.